The van der Waals surface area contributed by atoms with Crippen molar-refractivity contribution in [3.05, 3.63) is 46.7 Å². The fourth-order valence-corrected chi connectivity index (χ4v) is 3.47. The molecule has 1 amide bonds. The molecule has 0 fully saturated rings. The molecule has 0 spiro atoms. The maximum Gasteiger partial charge on any atom is 0.337 e. The Morgan fingerprint density at radius 3 is 2.54 bits per heavy atom. The van der Waals surface area contributed by atoms with Crippen LogP contribution in [0.1, 0.15) is 35.3 Å². The van der Waals surface area contributed by atoms with Crippen molar-refractivity contribution in [3.8, 4) is 0 Å². The summed E-state index contributed by atoms with van der Waals surface area (Å²) in [6.45, 7) is 4.19. The van der Waals surface area contributed by atoms with E-state index in [1.807, 2.05) is 6.07 Å². The molecule has 3 atom stereocenters. The number of aliphatic hydroxyl groups excluding tert-OH is 2. The third kappa shape index (κ3) is 2.29. The lowest BCUT2D eigenvalue weighted by atomic mass is 9.78. The molecule has 0 aromatic heterocycles. The van der Waals surface area contributed by atoms with Gasteiger partial charge in [-0.15, -0.1) is 0 Å². The fourth-order valence-electron chi connectivity index (χ4n) is 3.47. The molecule has 1 aromatic rings. The summed E-state index contributed by atoms with van der Waals surface area (Å²) >= 11 is 0. The van der Waals surface area contributed by atoms with Crippen LogP contribution in [0.2, 0.25) is 0 Å². The first kappa shape index (κ1) is 16.5. The molecule has 1 aromatic carbocycles. The second-order valence-electron chi connectivity index (χ2n) is 6.67. The van der Waals surface area contributed by atoms with E-state index in [9.17, 15) is 19.8 Å². The number of hydrogen-bond acceptors (Lipinski definition) is 5. The molecule has 2 unspecified atom stereocenters. The topological polar surface area (TPSA) is 87.1 Å². The number of nitrogens with zero attached hydrogens (tertiary/aromatic N) is 1. The van der Waals surface area contributed by atoms with Crippen LogP contribution < -0.4 is 0 Å². The number of ether oxygens (including phenoxy) is 1. The lowest BCUT2D eigenvalue weighted by Crippen LogP contribution is -2.44. The number of carbonyl (C=O) groups excluding carboxylic acids is 2. The van der Waals surface area contributed by atoms with E-state index in [1.54, 1.807) is 30.9 Å². The molecule has 2 aliphatic rings. The average Bonchev–Trinajstić information content (AvgIpc) is 3.08. The second kappa shape index (κ2) is 5.63. The zero-order chi connectivity index (χ0) is 17.6. The quantitative estimate of drug-likeness (QED) is 0.807. The highest BCUT2D eigenvalue weighted by atomic mass is 16.5. The Kier molecular flexibility index (Phi) is 3.87. The smallest absolute Gasteiger partial charge is 0.337 e. The lowest BCUT2D eigenvalue weighted by molar-refractivity contribution is -0.144. The van der Waals surface area contributed by atoms with Crippen molar-refractivity contribution in [2.24, 2.45) is 11.3 Å². The Labute approximate surface area is 140 Å². The van der Waals surface area contributed by atoms with Crippen molar-refractivity contribution in [1.29, 1.82) is 0 Å². The minimum absolute atomic E-state index is 0.0845. The van der Waals surface area contributed by atoms with Crippen molar-refractivity contribution in [2.75, 3.05) is 7.11 Å². The van der Waals surface area contributed by atoms with Gasteiger partial charge >= 0.3 is 5.97 Å². The standard InChI is InChI=1S/C18H21NO5/c1-10-14(20)7-15(21)18(10,2)17(23)19-8-12-5-4-11(16(22)24-3)6-13(12)9-19/h4-7,10,14,20-21H,8-9H2,1-3H3/t10?,14?,18-/m0/s1. The van der Waals surface area contributed by atoms with Crippen LogP contribution in [0, 0.1) is 11.3 Å². The van der Waals surface area contributed by atoms with Gasteiger partial charge in [0.05, 0.1) is 18.8 Å². The highest BCUT2D eigenvalue weighted by molar-refractivity contribution is 5.90. The molecule has 3 rings (SSSR count). The Bertz CT molecular complexity index is 741. The van der Waals surface area contributed by atoms with Gasteiger partial charge < -0.3 is 19.8 Å². The number of methoxy groups -OCH3 is 1. The van der Waals surface area contributed by atoms with Gasteiger partial charge in [0.2, 0.25) is 5.91 Å². The zero-order valence-corrected chi connectivity index (χ0v) is 13.9. The molecule has 6 nitrogen and oxygen atoms in total. The van der Waals surface area contributed by atoms with Gasteiger partial charge in [0.15, 0.2) is 0 Å². The highest BCUT2D eigenvalue weighted by Gasteiger charge is 2.52. The fraction of sp³-hybridized carbons (Fsp3) is 0.444. The molecule has 6 heteroatoms. The predicted molar refractivity (Wildman–Crippen MR) is 86.0 cm³/mol. The number of carbonyl (C=O) groups is 2. The van der Waals surface area contributed by atoms with E-state index >= 15 is 0 Å². The second-order valence-corrected chi connectivity index (χ2v) is 6.67. The van der Waals surface area contributed by atoms with E-state index in [0.717, 1.165) is 11.1 Å². The van der Waals surface area contributed by atoms with Crippen molar-refractivity contribution < 1.29 is 24.5 Å². The van der Waals surface area contributed by atoms with Crippen LogP contribution in [0.15, 0.2) is 30.0 Å². The zero-order valence-electron chi connectivity index (χ0n) is 13.9. The summed E-state index contributed by atoms with van der Waals surface area (Å²) in [7, 11) is 1.33. The van der Waals surface area contributed by atoms with E-state index < -0.39 is 23.4 Å². The summed E-state index contributed by atoms with van der Waals surface area (Å²) in [6, 6.07) is 5.24. The molecule has 0 saturated heterocycles. The van der Waals surface area contributed by atoms with Gasteiger partial charge in [-0.25, -0.2) is 4.79 Å². The lowest BCUT2D eigenvalue weighted by Gasteiger charge is -2.33. The number of fused-ring (bicyclic) bond motifs is 1. The van der Waals surface area contributed by atoms with Gasteiger partial charge in [-0.2, -0.15) is 0 Å². The van der Waals surface area contributed by atoms with Crippen molar-refractivity contribution in [1.82, 2.24) is 4.90 Å². The third-order valence-electron chi connectivity index (χ3n) is 5.36. The summed E-state index contributed by atoms with van der Waals surface area (Å²) in [5.41, 5.74) is 1.18. The molecule has 0 saturated carbocycles. The van der Waals surface area contributed by atoms with Crippen LogP contribution >= 0.6 is 0 Å². The van der Waals surface area contributed by atoms with Crippen LogP contribution in [-0.4, -0.2) is 40.2 Å². The number of rotatable bonds is 2. The minimum atomic E-state index is -1.13. The number of aliphatic hydroxyl groups is 2. The normalized spacial score (nSPS) is 28.5. The predicted octanol–water partition coefficient (Wildman–Crippen LogP) is 1.77. The van der Waals surface area contributed by atoms with Gasteiger partial charge in [-0.05, 0) is 36.3 Å². The first-order valence-corrected chi connectivity index (χ1v) is 7.87. The van der Waals surface area contributed by atoms with Crippen LogP contribution in [0.4, 0.5) is 0 Å². The number of hydrogen-bond donors (Lipinski definition) is 2. The molecule has 0 radical (unpaired) electrons. The van der Waals surface area contributed by atoms with Crippen LogP contribution in [0.3, 0.4) is 0 Å². The van der Waals surface area contributed by atoms with E-state index in [4.69, 9.17) is 4.74 Å². The number of benzene rings is 1. The summed E-state index contributed by atoms with van der Waals surface area (Å²) in [4.78, 5) is 26.3. The van der Waals surface area contributed by atoms with Gasteiger partial charge in [0, 0.05) is 19.0 Å². The molecule has 1 heterocycles. The molecule has 0 bridgehead atoms. The summed E-state index contributed by atoms with van der Waals surface area (Å²) in [6.07, 6.45) is 0.496. The maximum absolute atomic E-state index is 13.0. The van der Waals surface area contributed by atoms with Gasteiger partial charge in [-0.1, -0.05) is 13.0 Å². The SMILES string of the molecule is COC(=O)c1ccc2c(c1)CN(C(=O)[C@]1(C)C(O)=CC(O)C1C)C2. The van der Waals surface area contributed by atoms with Gasteiger partial charge in [0.1, 0.15) is 11.2 Å². The summed E-state index contributed by atoms with van der Waals surface area (Å²) in [5, 5.41) is 20.1. The molecule has 24 heavy (non-hydrogen) atoms. The van der Waals surface area contributed by atoms with Gasteiger partial charge in [0.25, 0.3) is 0 Å². The summed E-state index contributed by atoms with van der Waals surface area (Å²) in [5.74, 6) is -1.13. The average molecular weight is 331 g/mol. The highest BCUT2D eigenvalue weighted by Crippen LogP contribution is 2.45. The monoisotopic (exact) mass is 331 g/mol. The van der Waals surface area contributed by atoms with Crippen LogP contribution in [0.25, 0.3) is 0 Å². The molecular weight excluding hydrogens is 310 g/mol. The van der Waals surface area contributed by atoms with Crippen molar-refractivity contribution in [3.63, 3.8) is 0 Å². The Morgan fingerprint density at radius 2 is 1.96 bits per heavy atom. The largest absolute Gasteiger partial charge is 0.511 e. The van der Waals surface area contributed by atoms with Crippen LogP contribution in [-0.2, 0) is 22.6 Å². The van der Waals surface area contributed by atoms with E-state index in [-0.39, 0.29) is 11.7 Å². The number of esters is 1. The molecule has 1 aliphatic heterocycles. The van der Waals surface area contributed by atoms with E-state index in [0.29, 0.717) is 18.7 Å². The Hall–Kier alpha value is -2.34. The third-order valence-corrected chi connectivity index (χ3v) is 5.36. The van der Waals surface area contributed by atoms with Crippen molar-refractivity contribution in [2.45, 2.75) is 33.0 Å². The summed E-state index contributed by atoms with van der Waals surface area (Å²) < 4.78 is 4.72. The van der Waals surface area contributed by atoms with E-state index in [1.165, 1.54) is 13.2 Å². The molecule has 2 N–H and O–H groups in total. The van der Waals surface area contributed by atoms with Gasteiger partial charge in [-0.3, -0.25) is 4.79 Å². The molecule has 1 aliphatic carbocycles. The molecule has 128 valence electrons. The first-order valence-electron chi connectivity index (χ1n) is 7.87. The first-order chi connectivity index (χ1) is 11.3. The number of amides is 1. The Balaban J connectivity index is 1.84. The van der Waals surface area contributed by atoms with Crippen molar-refractivity contribution >= 4 is 11.9 Å². The minimum Gasteiger partial charge on any atom is -0.511 e. The maximum atomic E-state index is 13.0. The van der Waals surface area contributed by atoms with Crippen LogP contribution in [0.5, 0.6) is 0 Å². The van der Waals surface area contributed by atoms with E-state index in [2.05, 4.69) is 0 Å². The molecular formula is C18H21NO5. The Morgan fingerprint density at radius 1 is 1.29 bits per heavy atom.